The Balaban J connectivity index is 2.11. The number of nitro benzene ring substituents is 1. The highest BCUT2D eigenvalue weighted by Gasteiger charge is 2.49. The van der Waals surface area contributed by atoms with Crippen LogP contribution in [0.4, 0.5) is 5.69 Å². The van der Waals surface area contributed by atoms with Crippen molar-refractivity contribution in [2.24, 2.45) is 11.3 Å². The van der Waals surface area contributed by atoms with E-state index >= 15 is 0 Å². The Bertz CT molecular complexity index is 442. The highest BCUT2D eigenvalue weighted by molar-refractivity contribution is 5.40. The van der Waals surface area contributed by atoms with Gasteiger partial charge in [-0.15, -0.1) is 0 Å². The van der Waals surface area contributed by atoms with Gasteiger partial charge in [0.1, 0.15) is 0 Å². The Morgan fingerprint density at radius 1 is 1.53 bits per heavy atom. The van der Waals surface area contributed by atoms with Crippen molar-refractivity contribution >= 4 is 5.69 Å². The van der Waals surface area contributed by atoms with Gasteiger partial charge in [-0.3, -0.25) is 10.1 Å². The number of hydrogen-bond donors (Lipinski definition) is 1. The summed E-state index contributed by atoms with van der Waals surface area (Å²) in [4.78, 5) is 10.5. The molecule has 1 fully saturated rings. The molecule has 0 spiro atoms. The molecule has 17 heavy (non-hydrogen) atoms. The predicted octanol–water partition coefficient (Wildman–Crippen LogP) is 2.54. The molecule has 1 aromatic rings. The zero-order valence-corrected chi connectivity index (χ0v) is 10.1. The first-order valence-corrected chi connectivity index (χ1v) is 5.82. The highest BCUT2D eigenvalue weighted by atomic mass is 16.6. The SMILES string of the molecule is CC1(C)CC1C(O)Cc1ccccc1[N+](=O)[O-]. The lowest BCUT2D eigenvalue weighted by molar-refractivity contribution is -0.385. The van der Waals surface area contributed by atoms with Gasteiger partial charge in [-0.1, -0.05) is 32.0 Å². The lowest BCUT2D eigenvalue weighted by Gasteiger charge is -2.12. The maximum absolute atomic E-state index is 10.8. The fourth-order valence-corrected chi connectivity index (χ4v) is 2.39. The normalized spacial score (nSPS) is 23.1. The van der Waals surface area contributed by atoms with Crippen LogP contribution in [0.15, 0.2) is 24.3 Å². The van der Waals surface area contributed by atoms with Crippen LogP contribution in [0.2, 0.25) is 0 Å². The molecule has 1 N–H and O–H groups in total. The Morgan fingerprint density at radius 3 is 2.65 bits per heavy atom. The van der Waals surface area contributed by atoms with Gasteiger partial charge in [-0.2, -0.15) is 0 Å². The highest BCUT2D eigenvalue weighted by Crippen LogP contribution is 2.54. The van der Waals surface area contributed by atoms with E-state index in [2.05, 4.69) is 13.8 Å². The first kappa shape index (κ1) is 12.0. The van der Waals surface area contributed by atoms with E-state index in [4.69, 9.17) is 0 Å². The first-order chi connectivity index (χ1) is 7.92. The van der Waals surface area contributed by atoms with Gasteiger partial charge >= 0.3 is 0 Å². The van der Waals surface area contributed by atoms with Gasteiger partial charge < -0.3 is 5.11 Å². The van der Waals surface area contributed by atoms with Gasteiger partial charge in [0.25, 0.3) is 5.69 Å². The number of hydrogen-bond acceptors (Lipinski definition) is 3. The Morgan fingerprint density at radius 2 is 2.12 bits per heavy atom. The van der Waals surface area contributed by atoms with Gasteiger partial charge in [0.05, 0.1) is 11.0 Å². The van der Waals surface area contributed by atoms with Crippen molar-refractivity contribution in [1.29, 1.82) is 0 Å². The topological polar surface area (TPSA) is 63.4 Å². The Hall–Kier alpha value is -1.42. The smallest absolute Gasteiger partial charge is 0.272 e. The van der Waals surface area contributed by atoms with Gasteiger partial charge in [0, 0.05) is 18.1 Å². The van der Waals surface area contributed by atoms with Crippen molar-refractivity contribution in [2.45, 2.75) is 32.8 Å². The summed E-state index contributed by atoms with van der Waals surface area (Å²) in [6.07, 6.45) is 0.881. The molecule has 1 saturated carbocycles. The number of aliphatic hydroxyl groups excluding tert-OH is 1. The minimum atomic E-state index is -0.480. The van der Waals surface area contributed by atoms with E-state index in [1.54, 1.807) is 18.2 Å². The molecule has 2 rings (SSSR count). The summed E-state index contributed by atoms with van der Waals surface area (Å²) >= 11 is 0. The average molecular weight is 235 g/mol. The standard InChI is InChI=1S/C13H17NO3/c1-13(2)8-10(13)12(15)7-9-5-3-4-6-11(9)14(16)17/h3-6,10,12,15H,7-8H2,1-2H3. The van der Waals surface area contributed by atoms with E-state index in [9.17, 15) is 15.2 Å². The fraction of sp³-hybridized carbons (Fsp3) is 0.538. The number of nitrogens with zero attached hydrogens (tertiary/aromatic N) is 1. The summed E-state index contributed by atoms with van der Waals surface area (Å²) < 4.78 is 0. The van der Waals surface area contributed by atoms with E-state index in [1.165, 1.54) is 6.07 Å². The molecule has 0 aliphatic heterocycles. The minimum absolute atomic E-state index is 0.102. The van der Waals surface area contributed by atoms with Gasteiger partial charge in [0.2, 0.25) is 0 Å². The number of para-hydroxylation sites is 1. The van der Waals surface area contributed by atoms with Gasteiger partial charge in [-0.25, -0.2) is 0 Å². The molecule has 0 saturated heterocycles. The second-order valence-electron chi connectivity index (χ2n) is 5.46. The zero-order chi connectivity index (χ0) is 12.6. The van der Waals surface area contributed by atoms with E-state index < -0.39 is 6.10 Å². The van der Waals surface area contributed by atoms with Gasteiger partial charge in [-0.05, 0) is 17.8 Å². The summed E-state index contributed by atoms with van der Waals surface area (Å²) in [7, 11) is 0. The first-order valence-electron chi connectivity index (χ1n) is 5.82. The molecule has 2 atom stereocenters. The predicted molar refractivity (Wildman–Crippen MR) is 64.7 cm³/mol. The third-order valence-corrected chi connectivity index (χ3v) is 3.67. The number of rotatable bonds is 4. The third-order valence-electron chi connectivity index (χ3n) is 3.67. The van der Waals surface area contributed by atoms with Crippen molar-refractivity contribution in [1.82, 2.24) is 0 Å². The molecule has 4 heteroatoms. The second kappa shape index (κ2) is 4.11. The molecular weight excluding hydrogens is 218 g/mol. The largest absolute Gasteiger partial charge is 0.392 e. The van der Waals surface area contributed by atoms with Crippen molar-refractivity contribution in [2.75, 3.05) is 0 Å². The van der Waals surface area contributed by atoms with E-state index in [1.807, 2.05) is 0 Å². The summed E-state index contributed by atoms with van der Waals surface area (Å²) in [6.45, 7) is 4.22. The lowest BCUT2D eigenvalue weighted by Crippen LogP contribution is -2.17. The van der Waals surface area contributed by atoms with Crippen LogP contribution in [0.1, 0.15) is 25.8 Å². The maximum Gasteiger partial charge on any atom is 0.272 e. The monoisotopic (exact) mass is 235 g/mol. The minimum Gasteiger partial charge on any atom is -0.392 e. The second-order valence-corrected chi connectivity index (χ2v) is 5.46. The van der Waals surface area contributed by atoms with Crippen LogP contribution < -0.4 is 0 Å². The maximum atomic E-state index is 10.8. The van der Waals surface area contributed by atoms with Crippen LogP contribution in [0.25, 0.3) is 0 Å². The van der Waals surface area contributed by atoms with E-state index in [-0.39, 0.29) is 21.9 Å². The molecule has 4 nitrogen and oxygen atoms in total. The fourth-order valence-electron chi connectivity index (χ4n) is 2.39. The van der Waals surface area contributed by atoms with Crippen LogP contribution in [0.3, 0.4) is 0 Å². The van der Waals surface area contributed by atoms with E-state index in [0.717, 1.165) is 6.42 Å². The van der Waals surface area contributed by atoms with Crippen molar-refractivity contribution < 1.29 is 10.0 Å². The molecule has 1 aromatic carbocycles. The molecule has 0 aromatic heterocycles. The molecule has 2 unspecified atom stereocenters. The summed E-state index contributed by atoms with van der Waals surface area (Å²) in [6, 6.07) is 6.62. The summed E-state index contributed by atoms with van der Waals surface area (Å²) in [5.74, 6) is 0.266. The van der Waals surface area contributed by atoms with Gasteiger partial charge in [0.15, 0.2) is 0 Å². The molecule has 1 aliphatic carbocycles. The van der Waals surface area contributed by atoms with Crippen LogP contribution in [0, 0.1) is 21.4 Å². The van der Waals surface area contributed by atoms with Crippen LogP contribution in [0.5, 0.6) is 0 Å². The Labute approximate surface area is 100 Å². The molecule has 0 heterocycles. The summed E-state index contributed by atoms with van der Waals surface area (Å²) in [5, 5.41) is 20.9. The Kier molecular flexibility index (Phi) is 2.91. The zero-order valence-electron chi connectivity index (χ0n) is 10.1. The van der Waals surface area contributed by atoms with Crippen molar-refractivity contribution in [3.8, 4) is 0 Å². The molecule has 1 aliphatic rings. The molecule has 0 radical (unpaired) electrons. The number of benzene rings is 1. The lowest BCUT2D eigenvalue weighted by atomic mass is 9.99. The van der Waals surface area contributed by atoms with Crippen LogP contribution in [-0.2, 0) is 6.42 Å². The van der Waals surface area contributed by atoms with Crippen molar-refractivity contribution in [3.63, 3.8) is 0 Å². The molecule has 92 valence electrons. The van der Waals surface area contributed by atoms with Crippen LogP contribution >= 0.6 is 0 Å². The third kappa shape index (κ3) is 2.47. The van der Waals surface area contributed by atoms with Crippen molar-refractivity contribution in [3.05, 3.63) is 39.9 Å². The number of aliphatic hydroxyl groups is 1. The summed E-state index contributed by atoms with van der Waals surface area (Å²) in [5.41, 5.74) is 0.904. The van der Waals surface area contributed by atoms with Crippen LogP contribution in [-0.4, -0.2) is 16.1 Å². The average Bonchev–Trinajstić information content (AvgIpc) is 2.88. The molecule has 0 amide bonds. The molecular formula is C13H17NO3. The van der Waals surface area contributed by atoms with E-state index in [0.29, 0.717) is 12.0 Å². The number of nitro groups is 1. The quantitative estimate of drug-likeness (QED) is 0.644. The molecule has 0 bridgehead atoms.